The maximum atomic E-state index is 9.47. The Hall–Kier alpha value is -2.22. The Labute approximate surface area is 138 Å². The first-order chi connectivity index (χ1) is 11.2. The van der Waals surface area contributed by atoms with Crippen LogP contribution in [0.3, 0.4) is 0 Å². The summed E-state index contributed by atoms with van der Waals surface area (Å²) in [7, 11) is 0. The molecule has 2 atom stereocenters. The Morgan fingerprint density at radius 2 is 1.57 bits per heavy atom. The molecule has 0 fully saturated rings. The second-order valence-corrected chi connectivity index (χ2v) is 6.42. The van der Waals surface area contributed by atoms with E-state index in [-0.39, 0.29) is 0 Å². The average Bonchev–Trinajstić information content (AvgIpc) is 2.59. The van der Waals surface area contributed by atoms with Gasteiger partial charge in [-0.05, 0) is 78.5 Å². The van der Waals surface area contributed by atoms with Crippen molar-refractivity contribution in [1.29, 1.82) is 0 Å². The molecule has 0 bridgehead atoms. The van der Waals surface area contributed by atoms with Gasteiger partial charge in [-0.15, -0.1) is 0 Å². The summed E-state index contributed by atoms with van der Waals surface area (Å²) in [6.45, 7) is 2.25. The van der Waals surface area contributed by atoms with Crippen molar-refractivity contribution in [2.45, 2.75) is 38.5 Å². The van der Waals surface area contributed by atoms with E-state index in [4.69, 9.17) is 0 Å². The standard InChI is InChI=1S/C21H24O2/c1-2-21(18-9-13-20(23)14-10-18)17-5-3-15(4-6-17)16-7-11-19(22)12-8-16/h3,7-14,17,21-23H,2,4-6H2,1H3. The van der Waals surface area contributed by atoms with Gasteiger partial charge < -0.3 is 10.2 Å². The molecule has 0 aliphatic heterocycles. The number of phenolic OH excluding ortho intramolecular Hbond substituents is 2. The molecule has 2 aromatic rings. The molecule has 0 saturated carbocycles. The van der Waals surface area contributed by atoms with Crippen LogP contribution in [0.15, 0.2) is 54.6 Å². The van der Waals surface area contributed by atoms with E-state index in [1.54, 1.807) is 24.3 Å². The SMILES string of the molecule is CCC(c1ccc(O)cc1)C1CC=C(c2ccc(O)cc2)CC1. The highest BCUT2D eigenvalue weighted by Crippen LogP contribution is 2.40. The van der Waals surface area contributed by atoms with Crippen molar-refractivity contribution in [2.75, 3.05) is 0 Å². The molecular formula is C21H24O2. The molecular weight excluding hydrogens is 284 g/mol. The van der Waals surface area contributed by atoms with Gasteiger partial charge in [0.15, 0.2) is 0 Å². The van der Waals surface area contributed by atoms with E-state index in [1.165, 1.54) is 23.1 Å². The van der Waals surface area contributed by atoms with Crippen LogP contribution in [0.2, 0.25) is 0 Å². The molecule has 0 spiro atoms. The van der Waals surface area contributed by atoms with Crippen molar-refractivity contribution < 1.29 is 10.2 Å². The van der Waals surface area contributed by atoms with Crippen molar-refractivity contribution in [2.24, 2.45) is 5.92 Å². The fourth-order valence-electron chi connectivity index (χ4n) is 3.72. The van der Waals surface area contributed by atoms with Gasteiger partial charge in [0, 0.05) is 0 Å². The molecule has 3 rings (SSSR count). The first kappa shape index (κ1) is 15.7. The van der Waals surface area contributed by atoms with Crippen molar-refractivity contribution >= 4 is 5.57 Å². The fraction of sp³-hybridized carbons (Fsp3) is 0.333. The summed E-state index contributed by atoms with van der Waals surface area (Å²) in [6.07, 6.45) is 6.85. The van der Waals surface area contributed by atoms with Crippen LogP contribution in [0.5, 0.6) is 11.5 Å². The molecule has 2 nitrogen and oxygen atoms in total. The Morgan fingerprint density at radius 1 is 0.957 bits per heavy atom. The van der Waals surface area contributed by atoms with Crippen molar-refractivity contribution in [3.8, 4) is 11.5 Å². The first-order valence-corrected chi connectivity index (χ1v) is 8.44. The summed E-state index contributed by atoms with van der Waals surface area (Å²) in [5, 5.41) is 18.9. The number of benzene rings is 2. The van der Waals surface area contributed by atoms with Crippen LogP contribution in [0.1, 0.15) is 49.7 Å². The number of allylic oxidation sites excluding steroid dienone is 2. The molecule has 0 heterocycles. The van der Waals surface area contributed by atoms with E-state index in [0.29, 0.717) is 23.3 Å². The highest BCUT2D eigenvalue weighted by Gasteiger charge is 2.24. The summed E-state index contributed by atoms with van der Waals surface area (Å²) in [5.74, 6) is 1.86. The van der Waals surface area contributed by atoms with Gasteiger partial charge in [0.05, 0.1) is 0 Å². The van der Waals surface area contributed by atoms with Gasteiger partial charge in [0.2, 0.25) is 0 Å². The van der Waals surface area contributed by atoms with Gasteiger partial charge in [0.1, 0.15) is 11.5 Å². The molecule has 2 heteroatoms. The van der Waals surface area contributed by atoms with Crippen LogP contribution < -0.4 is 0 Å². The van der Waals surface area contributed by atoms with E-state index >= 15 is 0 Å². The lowest BCUT2D eigenvalue weighted by atomic mass is 9.75. The van der Waals surface area contributed by atoms with Gasteiger partial charge in [-0.3, -0.25) is 0 Å². The van der Waals surface area contributed by atoms with Crippen LogP contribution in [0.4, 0.5) is 0 Å². The summed E-state index contributed by atoms with van der Waals surface area (Å²) >= 11 is 0. The number of phenols is 2. The minimum Gasteiger partial charge on any atom is -0.508 e. The summed E-state index contributed by atoms with van der Waals surface area (Å²) < 4.78 is 0. The molecule has 2 aromatic carbocycles. The summed E-state index contributed by atoms with van der Waals surface area (Å²) in [6, 6.07) is 15.2. The van der Waals surface area contributed by atoms with Gasteiger partial charge in [-0.25, -0.2) is 0 Å². The monoisotopic (exact) mass is 308 g/mol. The average molecular weight is 308 g/mol. The Kier molecular flexibility index (Phi) is 4.71. The minimum atomic E-state index is 0.321. The molecule has 2 N–H and O–H groups in total. The summed E-state index contributed by atoms with van der Waals surface area (Å²) in [4.78, 5) is 0. The van der Waals surface area contributed by atoms with Crippen molar-refractivity contribution in [3.63, 3.8) is 0 Å². The molecule has 0 aromatic heterocycles. The van der Waals surface area contributed by atoms with E-state index in [0.717, 1.165) is 19.3 Å². The number of rotatable bonds is 4. The van der Waals surface area contributed by atoms with Crippen molar-refractivity contribution in [3.05, 3.63) is 65.7 Å². The number of hydrogen-bond acceptors (Lipinski definition) is 2. The lowest BCUT2D eigenvalue weighted by molar-refractivity contribution is 0.384. The van der Waals surface area contributed by atoms with Crippen LogP contribution in [0.25, 0.3) is 5.57 Å². The number of hydrogen-bond donors (Lipinski definition) is 2. The highest BCUT2D eigenvalue weighted by atomic mass is 16.3. The smallest absolute Gasteiger partial charge is 0.115 e. The molecule has 0 radical (unpaired) electrons. The van der Waals surface area contributed by atoms with Gasteiger partial charge in [-0.1, -0.05) is 37.3 Å². The largest absolute Gasteiger partial charge is 0.508 e. The van der Waals surface area contributed by atoms with Gasteiger partial charge in [-0.2, -0.15) is 0 Å². The van der Waals surface area contributed by atoms with Crippen LogP contribution in [-0.4, -0.2) is 10.2 Å². The normalized spacial score (nSPS) is 19.2. The number of aromatic hydroxyl groups is 2. The molecule has 0 saturated heterocycles. The maximum absolute atomic E-state index is 9.47. The highest BCUT2D eigenvalue weighted by molar-refractivity contribution is 5.66. The first-order valence-electron chi connectivity index (χ1n) is 8.44. The Morgan fingerprint density at radius 3 is 2.09 bits per heavy atom. The van der Waals surface area contributed by atoms with Gasteiger partial charge >= 0.3 is 0 Å². The second kappa shape index (κ2) is 6.91. The lowest BCUT2D eigenvalue weighted by Crippen LogP contribution is -2.15. The van der Waals surface area contributed by atoms with Crippen molar-refractivity contribution in [1.82, 2.24) is 0 Å². The predicted molar refractivity (Wildman–Crippen MR) is 94.6 cm³/mol. The molecule has 1 aliphatic rings. The molecule has 2 unspecified atom stereocenters. The Balaban J connectivity index is 1.73. The topological polar surface area (TPSA) is 40.5 Å². The van der Waals surface area contributed by atoms with E-state index in [1.807, 2.05) is 12.1 Å². The van der Waals surface area contributed by atoms with Gasteiger partial charge in [0.25, 0.3) is 0 Å². The zero-order valence-corrected chi connectivity index (χ0v) is 13.6. The van der Waals surface area contributed by atoms with E-state index in [9.17, 15) is 10.2 Å². The second-order valence-electron chi connectivity index (χ2n) is 6.42. The summed E-state index contributed by atoms with van der Waals surface area (Å²) in [5.41, 5.74) is 3.94. The molecule has 23 heavy (non-hydrogen) atoms. The third-order valence-corrected chi connectivity index (χ3v) is 5.02. The zero-order valence-electron chi connectivity index (χ0n) is 13.6. The van der Waals surface area contributed by atoms with Crippen LogP contribution >= 0.6 is 0 Å². The predicted octanol–water partition coefficient (Wildman–Crippen LogP) is 5.48. The third kappa shape index (κ3) is 3.58. The third-order valence-electron chi connectivity index (χ3n) is 5.02. The quantitative estimate of drug-likeness (QED) is 0.785. The van der Waals surface area contributed by atoms with Crippen LogP contribution in [0, 0.1) is 5.92 Å². The molecule has 0 amide bonds. The zero-order chi connectivity index (χ0) is 16.2. The lowest BCUT2D eigenvalue weighted by Gasteiger charge is -2.30. The Bertz CT molecular complexity index is 668. The molecule has 1 aliphatic carbocycles. The minimum absolute atomic E-state index is 0.321. The van der Waals surface area contributed by atoms with E-state index in [2.05, 4.69) is 25.1 Å². The van der Waals surface area contributed by atoms with E-state index < -0.39 is 0 Å². The van der Waals surface area contributed by atoms with Crippen LogP contribution in [-0.2, 0) is 0 Å². The maximum Gasteiger partial charge on any atom is 0.115 e. The molecule has 120 valence electrons. The fourth-order valence-corrected chi connectivity index (χ4v) is 3.72.